The summed E-state index contributed by atoms with van der Waals surface area (Å²) in [6.07, 6.45) is 7.28. The summed E-state index contributed by atoms with van der Waals surface area (Å²) in [5.41, 5.74) is 7.28. The topological polar surface area (TPSA) is 26.0 Å². The molecule has 0 aromatic rings. The molecular formula is C10H19N. The van der Waals surface area contributed by atoms with E-state index >= 15 is 0 Å². The van der Waals surface area contributed by atoms with Gasteiger partial charge < -0.3 is 5.73 Å². The Morgan fingerprint density at radius 2 is 2.00 bits per heavy atom. The lowest BCUT2D eigenvalue weighted by Gasteiger charge is -2.26. The number of allylic oxidation sites excluding steroid dienone is 1. The van der Waals surface area contributed by atoms with E-state index in [1.165, 1.54) is 12.8 Å². The molecule has 0 radical (unpaired) electrons. The molecule has 0 spiro atoms. The van der Waals surface area contributed by atoms with Crippen molar-refractivity contribution in [3.05, 3.63) is 11.6 Å². The fraction of sp³-hybridized carbons (Fsp3) is 0.800. The number of hydrogen-bond acceptors (Lipinski definition) is 1. The van der Waals surface area contributed by atoms with E-state index in [1.807, 2.05) is 0 Å². The van der Waals surface area contributed by atoms with Gasteiger partial charge in [-0.3, -0.25) is 0 Å². The molecule has 1 heteroatoms. The maximum Gasteiger partial charge on any atom is 0.0113 e. The summed E-state index contributed by atoms with van der Waals surface area (Å²) in [7, 11) is 0. The van der Waals surface area contributed by atoms with E-state index in [-0.39, 0.29) is 0 Å². The molecule has 0 aromatic heterocycles. The number of rotatable bonds is 3. The van der Waals surface area contributed by atoms with Gasteiger partial charge >= 0.3 is 0 Å². The monoisotopic (exact) mass is 153 g/mol. The van der Waals surface area contributed by atoms with Crippen molar-refractivity contribution in [2.24, 2.45) is 11.7 Å². The molecule has 0 unspecified atom stereocenters. The third kappa shape index (κ3) is 2.33. The second-order valence-electron chi connectivity index (χ2n) is 3.57. The molecule has 11 heavy (non-hydrogen) atoms. The van der Waals surface area contributed by atoms with Crippen LogP contribution in [0.5, 0.6) is 0 Å². The lowest BCUT2D eigenvalue weighted by molar-refractivity contribution is 0.517. The maximum atomic E-state index is 5.69. The number of hydrogen-bond donors (Lipinski definition) is 1. The van der Waals surface area contributed by atoms with Gasteiger partial charge in [0, 0.05) is 6.04 Å². The lowest BCUT2D eigenvalue weighted by atomic mass is 9.84. The molecule has 0 aromatic carbocycles. The maximum absolute atomic E-state index is 5.69. The number of nitrogens with two attached hydrogens (primary N) is 1. The molecule has 0 aliphatic heterocycles. The normalized spacial score (nSPS) is 23.6. The van der Waals surface area contributed by atoms with Crippen molar-refractivity contribution < 1.29 is 0 Å². The van der Waals surface area contributed by atoms with Crippen LogP contribution in [0.15, 0.2) is 11.6 Å². The fourth-order valence-corrected chi connectivity index (χ4v) is 1.61. The van der Waals surface area contributed by atoms with Crippen LogP contribution in [-0.2, 0) is 0 Å². The zero-order valence-corrected chi connectivity index (χ0v) is 7.64. The Hall–Kier alpha value is -0.300. The highest BCUT2D eigenvalue weighted by molar-refractivity contribution is 5.16. The van der Waals surface area contributed by atoms with Gasteiger partial charge in [-0.05, 0) is 31.6 Å². The smallest absolute Gasteiger partial charge is 0.0113 e. The average molecular weight is 153 g/mol. The molecule has 1 fully saturated rings. The Morgan fingerprint density at radius 1 is 1.45 bits per heavy atom. The molecular weight excluding hydrogens is 134 g/mol. The first-order valence-electron chi connectivity index (χ1n) is 4.71. The zero-order chi connectivity index (χ0) is 8.27. The van der Waals surface area contributed by atoms with Crippen LogP contribution in [0.3, 0.4) is 0 Å². The van der Waals surface area contributed by atoms with E-state index in [0.717, 1.165) is 18.8 Å². The first kappa shape index (κ1) is 8.79. The van der Waals surface area contributed by atoms with E-state index in [4.69, 9.17) is 5.73 Å². The van der Waals surface area contributed by atoms with Crippen LogP contribution >= 0.6 is 0 Å². The molecule has 1 saturated carbocycles. The molecule has 1 nitrogen and oxygen atoms in total. The highest BCUT2D eigenvalue weighted by Crippen LogP contribution is 2.27. The third-order valence-electron chi connectivity index (χ3n) is 2.57. The molecule has 0 saturated heterocycles. The molecule has 0 amide bonds. The summed E-state index contributed by atoms with van der Waals surface area (Å²) < 4.78 is 0. The van der Waals surface area contributed by atoms with Crippen LogP contribution in [0.1, 0.15) is 39.5 Å². The van der Waals surface area contributed by atoms with Crippen LogP contribution in [-0.4, -0.2) is 6.04 Å². The summed E-state index contributed by atoms with van der Waals surface area (Å²) in [5, 5.41) is 0. The summed E-state index contributed by atoms with van der Waals surface area (Å²) in [6, 6.07) is 0.468. The van der Waals surface area contributed by atoms with Crippen LogP contribution < -0.4 is 5.73 Å². The van der Waals surface area contributed by atoms with Crippen molar-refractivity contribution in [1.29, 1.82) is 0 Å². The second kappa shape index (κ2) is 3.91. The average Bonchev–Trinajstić information content (AvgIpc) is 1.96. The van der Waals surface area contributed by atoms with Crippen molar-refractivity contribution in [3.8, 4) is 0 Å². The van der Waals surface area contributed by atoms with Crippen molar-refractivity contribution in [3.63, 3.8) is 0 Å². The van der Waals surface area contributed by atoms with E-state index < -0.39 is 0 Å². The SMILES string of the molecule is CCC(C=C1CC(N)C1)CC. The van der Waals surface area contributed by atoms with Gasteiger partial charge in [0.05, 0.1) is 0 Å². The van der Waals surface area contributed by atoms with Gasteiger partial charge in [0.1, 0.15) is 0 Å². The molecule has 64 valence electrons. The van der Waals surface area contributed by atoms with E-state index in [2.05, 4.69) is 19.9 Å². The molecule has 2 N–H and O–H groups in total. The largest absolute Gasteiger partial charge is 0.327 e. The van der Waals surface area contributed by atoms with Gasteiger partial charge in [0.25, 0.3) is 0 Å². The summed E-state index contributed by atoms with van der Waals surface area (Å²) in [4.78, 5) is 0. The fourth-order valence-electron chi connectivity index (χ4n) is 1.61. The Labute approximate surface area is 69.7 Å². The van der Waals surface area contributed by atoms with Crippen LogP contribution in [0.25, 0.3) is 0 Å². The predicted octanol–water partition coefficient (Wildman–Crippen LogP) is 2.47. The van der Waals surface area contributed by atoms with Gasteiger partial charge in [-0.25, -0.2) is 0 Å². The van der Waals surface area contributed by atoms with Crippen molar-refractivity contribution in [1.82, 2.24) is 0 Å². The highest BCUT2D eigenvalue weighted by atomic mass is 14.7. The minimum atomic E-state index is 0.468. The molecule has 0 bridgehead atoms. The van der Waals surface area contributed by atoms with Crippen molar-refractivity contribution >= 4 is 0 Å². The Morgan fingerprint density at radius 3 is 2.36 bits per heavy atom. The van der Waals surface area contributed by atoms with Crippen molar-refractivity contribution in [2.45, 2.75) is 45.6 Å². The first-order chi connectivity index (χ1) is 5.26. The predicted molar refractivity (Wildman–Crippen MR) is 49.4 cm³/mol. The summed E-state index contributed by atoms with van der Waals surface area (Å²) >= 11 is 0. The standard InChI is InChI=1S/C10H19N/c1-3-8(4-2)5-9-6-10(11)7-9/h5,8,10H,3-4,6-7,11H2,1-2H3. The minimum Gasteiger partial charge on any atom is -0.327 e. The Bertz CT molecular complexity index is 137. The summed E-state index contributed by atoms with van der Waals surface area (Å²) in [6.45, 7) is 4.51. The minimum absolute atomic E-state index is 0.468. The highest BCUT2D eigenvalue weighted by Gasteiger charge is 2.18. The van der Waals surface area contributed by atoms with E-state index in [9.17, 15) is 0 Å². The third-order valence-corrected chi connectivity index (χ3v) is 2.57. The molecule has 1 rings (SSSR count). The van der Waals surface area contributed by atoms with Crippen molar-refractivity contribution in [2.75, 3.05) is 0 Å². The van der Waals surface area contributed by atoms with E-state index in [0.29, 0.717) is 6.04 Å². The van der Waals surface area contributed by atoms with Gasteiger partial charge in [0.15, 0.2) is 0 Å². The van der Waals surface area contributed by atoms with Crippen LogP contribution in [0.2, 0.25) is 0 Å². The quantitative estimate of drug-likeness (QED) is 0.619. The molecule has 1 aliphatic carbocycles. The van der Waals surface area contributed by atoms with Gasteiger partial charge in [-0.2, -0.15) is 0 Å². The molecule has 0 heterocycles. The Kier molecular flexibility index (Phi) is 3.13. The van der Waals surface area contributed by atoms with Crippen LogP contribution in [0.4, 0.5) is 0 Å². The molecule has 1 aliphatic rings. The summed E-state index contributed by atoms with van der Waals surface area (Å²) in [5.74, 6) is 0.803. The zero-order valence-electron chi connectivity index (χ0n) is 7.64. The van der Waals surface area contributed by atoms with Gasteiger partial charge in [-0.15, -0.1) is 0 Å². The lowest BCUT2D eigenvalue weighted by Crippen LogP contribution is -2.30. The first-order valence-corrected chi connectivity index (χ1v) is 4.71. The van der Waals surface area contributed by atoms with Gasteiger partial charge in [-0.1, -0.05) is 25.5 Å². The van der Waals surface area contributed by atoms with Gasteiger partial charge in [0.2, 0.25) is 0 Å². The molecule has 0 atom stereocenters. The van der Waals surface area contributed by atoms with E-state index in [1.54, 1.807) is 5.57 Å². The Balaban J connectivity index is 2.32. The van der Waals surface area contributed by atoms with Crippen LogP contribution in [0, 0.1) is 5.92 Å². The second-order valence-corrected chi connectivity index (χ2v) is 3.57.